The number of fused-ring (bicyclic) bond motifs is 1. The lowest BCUT2D eigenvalue weighted by Gasteiger charge is -2.24. The number of carbonyl (C=O) groups is 3. The highest BCUT2D eigenvalue weighted by Gasteiger charge is 2.35. The van der Waals surface area contributed by atoms with Crippen LogP contribution in [0.25, 0.3) is 10.9 Å². The highest BCUT2D eigenvalue weighted by molar-refractivity contribution is 6.34. The van der Waals surface area contributed by atoms with Gasteiger partial charge in [-0.2, -0.15) is 0 Å². The minimum atomic E-state index is -1.17. The number of ether oxygens (including phenoxy) is 2. The third kappa shape index (κ3) is 6.17. The van der Waals surface area contributed by atoms with Gasteiger partial charge in [-0.25, -0.2) is 14.2 Å². The topological polar surface area (TPSA) is 103 Å². The second-order valence-corrected chi connectivity index (χ2v) is 10.2. The Bertz CT molecular complexity index is 1610. The number of alkyl halides is 1. The first-order valence-corrected chi connectivity index (χ1v) is 13.4. The molecule has 0 bridgehead atoms. The monoisotopic (exact) mass is 578 g/mol. The largest absolute Gasteiger partial charge is 0.475 e. The van der Waals surface area contributed by atoms with E-state index < -0.39 is 18.2 Å². The van der Waals surface area contributed by atoms with E-state index in [-0.39, 0.29) is 54.3 Å². The van der Waals surface area contributed by atoms with Crippen molar-refractivity contribution in [3.8, 4) is 5.88 Å². The third-order valence-electron chi connectivity index (χ3n) is 7.04. The number of pyridine rings is 1. The van der Waals surface area contributed by atoms with Crippen molar-refractivity contribution in [2.75, 3.05) is 25.6 Å². The molecule has 212 valence electrons. The average Bonchev–Trinajstić information content (AvgIpc) is 3.52. The summed E-state index contributed by atoms with van der Waals surface area (Å²) in [5.74, 6) is -0.829. The lowest BCUT2D eigenvalue weighted by molar-refractivity contribution is -0.132. The molecule has 1 aliphatic rings. The van der Waals surface area contributed by atoms with Crippen LogP contribution in [0.5, 0.6) is 5.88 Å². The van der Waals surface area contributed by atoms with Crippen LogP contribution in [0.1, 0.15) is 32.7 Å². The zero-order valence-electron chi connectivity index (χ0n) is 22.5. The standard InChI is InChI=1S/C30H28ClFN4O5/c1-35-16-23(22-5-3-4-6-26(22)35)29(38)34-25-9-7-18(11-24(25)31)12-28(37)36-15-20(32)13-21(36)17-41-27-10-8-19(14-33-27)30(39)40-2/h3-11,14,16,20-21H,12-13,15,17H2,1-2H3,(H,34,38)/t20-,21-/m0/s1. The molecule has 2 aromatic heterocycles. The summed E-state index contributed by atoms with van der Waals surface area (Å²) in [5, 5.41) is 3.96. The van der Waals surface area contributed by atoms with E-state index in [9.17, 15) is 18.8 Å². The number of methoxy groups -OCH3 is 1. The number of nitrogens with one attached hydrogen (secondary N) is 1. The van der Waals surface area contributed by atoms with Crippen molar-refractivity contribution in [1.29, 1.82) is 0 Å². The molecular weight excluding hydrogens is 551 g/mol. The molecule has 1 N–H and O–H groups in total. The maximum Gasteiger partial charge on any atom is 0.339 e. The van der Waals surface area contributed by atoms with E-state index in [1.807, 2.05) is 35.9 Å². The normalized spacial score (nSPS) is 16.5. The van der Waals surface area contributed by atoms with Crippen LogP contribution in [-0.2, 0) is 23.0 Å². The van der Waals surface area contributed by atoms with Crippen molar-refractivity contribution in [1.82, 2.24) is 14.5 Å². The van der Waals surface area contributed by atoms with Crippen molar-refractivity contribution in [3.63, 3.8) is 0 Å². The van der Waals surface area contributed by atoms with Crippen molar-refractivity contribution in [3.05, 3.63) is 88.7 Å². The van der Waals surface area contributed by atoms with E-state index in [0.717, 1.165) is 10.9 Å². The number of para-hydroxylation sites is 1. The smallest absolute Gasteiger partial charge is 0.339 e. The molecule has 2 aromatic carbocycles. The molecule has 1 fully saturated rings. The predicted molar refractivity (Wildman–Crippen MR) is 152 cm³/mol. The van der Waals surface area contributed by atoms with E-state index in [1.54, 1.807) is 24.4 Å². The molecule has 9 nitrogen and oxygen atoms in total. The average molecular weight is 579 g/mol. The SMILES string of the molecule is COC(=O)c1ccc(OC[C@@H]2C[C@H](F)CN2C(=O)Cc2ccc(NC(=O)c3cn(C)c4ccccc34)c(Cl)c2)nc1. The molecule has 5 rings (SSSR count). The molecule has 2 atom stereocenters. The summed E-state index contributed by atoms with van der Waals surface area (Å²) in [6, 6.07) is 15.2. The van der Waals surface area contributed by atoms with Gasteiger partial charge in [0, 0.05) is 42.8 Å². The van der Waals surface area contributed by atoms with Gasteiger partial charge in [0.05, 0.1) is 48.0 Å². The highest BCUT2D eigenvalue weighted by atomic mass is 35.5. The number of likely N-dealkylation sites (tertiary alicyclic amines) is 1. The zero-order chi connectivity index (χ0) is 29.1. The molecule has 2 amide bonds. The number of rotatable bonds is 8. The Labute approximate surface area is 240 Å². The Balaban J connectivity index is 1.21. The fourth-order valence-electron chi connectivity index (χ4n) is 4.97. The third-order valence-corrected chi connectivity index (χ3v) is 7.36. The van der Waals surface area contributed by atoms with Gasteiger partial charge in [0.2, 0.25) is 11.8 Å². The predicted octanol–water partition coefficient (Wildman–Crippen LogP) is 4.83. The summed E-state index contributed by atoms with van der Waals surface area (Å²) in [6.45, 7) is 0.0189. The Morgan fingerprint density at radius 3 is 2.68 bits per heavy atom. The number of hydrogen-bond acceptors (Lipinski definition) is 6. The summed E-state index contributed by atoms with van der Waals surface area (Å²) in [4.78, 5) is 43.3. The van der Waals surface area contributed by atoms with Crippen molar-refractivity contribution >= 4 is 46.0 Å². The van der Waals surface area contributed by atoms with Crippen molar-refractivity contribution in [2.24, 2.45) is 7.05 Å². The fourth-order valence-corrected chi connectivity index (χ4v) is 5.22. The van der Waals surface area contributed by atoms with E-state index in [0.29, 0.717) is 16.8 Å². The van der Waals surface area contributed by atoms with Gasteiger partial charge in [0.15, 0.2) is 0 Å². The van der Waals surface area contributed by atoms with E-state index in [1.165, 1.54) is 30.3 Å². The summed E-state index contributed by atoms with van der Waals surface area (Å²) < 4.78 is 26.5. The van der Waals surface area contributed by atoms with Gasteiger partial charge >= 0.3 is 5.97 Å². The Kier molecular flexibility index (Phi) is 8.21. The zero-order valence-corrected chi connectivity index (χ0v) is 23.2. The molecule has 0 unspecified atom stereocenters. The molecule has 1 aliphatic heterocycles. The maximum atomic E-state index is 14.3. The van der Waals surface area contributed by atoms with Crippen LogP contribution in [0.2, 0.25) is 5.02 Å². The van der Waals surface area contributed by atoms with Crippen LogP contribution in [0, 0.1) is 0 Å². The van der Waals surface area contributed by atoms with Crippen LogP contribution >= 0.6 is 11.6 Å². The number of hydrogen-bond donors (Lipinski definition) is 1. The van der Waals surface area contributed by atoms with Gasteiger partial charge in [0.1, 0.15) is 12.8 Å². The Morgan fingerprint density at radius 2 is 1.95 bits per heavy atom. The van der Waals surface area contributed by atoms with Crippen LogP contribution in [-0.4, -0.2) is 64.7 Å². The molecule has 0 spiro atoms. The molecule has 11 heteroatoms. The molecule has 0 radical (unpaired) electrons. The van der Waals surface area contributed by atoms with Crippen LogP contribution < -0.4 is 10.1 Å². The number of aryl methyl sites for hydroxylation is 1. The second-order valence-electron chi connectivity index (χ2n) is 9.84. The first-order chi connectivity index (χ1) is 19.7. The van der Waals surface area contributed by atoms with Crippen molar-refractivity contribution in [2.45, 2.75) is 25.1 Å². The molecule has 0 aliphatic carbocycles. The number of aromatic nitrogens is 2. The first kappa shape index (κ1) is 28.1. The molecule has 41 heavy (non-hydrogen) atoms. The number of carbonyl (C=O) groups excluding carboxylic acids is 3. The molecule has 0 saturated carbocycles. The fraction of sp³-hybridized carbons (Fsp3) is 0.267. The first-order valence-electron chi connectivity index (χ1n) is 13.0. The summed E-state index contributed by atoms with van der Waals surface area (Å²) >= 11 is 6.48. The van der Waals surface area contributed by atoms with Crippen LogP contribution in [0.15, 0.2) is 67.0 Å². The minimum Gasteiger partial charge on any atom is -0.475 e. The van der Waals surface area contributed by atoms with Gasteiger partial charge in [0.25, 0.3) is 5.91 Å². The van der Waals surface area contributed by atoms with Crippen LogP contribution in [0.3, 0.4) is 0 Å². The van der Waals surface area contributed by atoms with Crippen LogP contribution in [0.4, 0.5) is 10.1 Å². The minimum absolute atomic E-state index is 0.00651. The highest BCUT2D eigenvalue weighted by Crippen LogP contribution is 2.28. The van der Waals surface area contributed by atoms with E-state index >= 15 is 0 Å². The second kappa shape index (κ2) is 12.0. The maximum absolute atomic E-state index is 14.3. The van der Waals surface area contributed by atoms with Gasteiger partial charge in [-0.05, 0) is 29.8 Å². The number of nitrogens with zero attached hydrogens (tertiary/aromatic N) is 3. The van der Waals surface area contributed by atoms with E-state index in [4.69, 9.17) is 16.3 Å². The molecule has 1 saturated heterocycles. The van der Waals surface area contributed by atoms with Gasteiger partial charge < -0.3 is 24.3 Å². The molecular formula is C30H28ClFN4O5. The van der Waals surface area contributed by atoms with Crippen molar-refractivity contribution < 1.29 is 28.2 Å². The van der Waals surface area contributed by atoms with Gasteiger partial charge in [-0.15, -0.1) is 0 Å². The summed E-state index contributed by atoms with van der Waals surface area (Å²) in [6.07, 6.45) is 2.08. The lowest BCUT2D eigenvalue weighted by Crippen LogP contribution is -2.40. The lowest BCUT2D eigenvalue weighted by atomic mass is 10.1. The quantitative estimate of drug-likeness (QED) is 0.301. The van der Waals surface area contributed by atoms with E-state index in [2.05, 4.69) is 15.0 Å². The Hall–Kier alpha value is -4.44. The number of halogens is 2. The van der Waals surface area contributed by atoms with Gasteiger partial charge in [-0.1, -0.05) is 35.9 Å². The van der Waals surface area contributed by atoms with Gasteiger partial charge in [-0.3, -0.25) is 9.59 Å². The molecule has 3 heterocycles. The number of esters is 1. The summed E-state index contributed by atoms with van der Waals surface area (Å²) in [7, 11) is 3.15. The number of amides is 2. The summed E-state index contributed by atoms with van der Waals surface area (Å²) in [5.41, 5.74) is 2.79. The number of anilines is 1. The molecule has 4 aromatic rings. The number of benzene rings is 2. The Morgan fingerprint density at radius 1 is 1.15 bits per heavy atom.